The van der Waals surface area contributed by atoms with E-state index in [4.69, 9.17) is 55.2 Å². The van der Waals surface area contributed by atoms with Crippen LogP contribution < -0.4 is 41.4 Å². The van der Waals surface area contributed by atoms with E-state index < -0.39 is 108 Å². The Morgan fingerprint density at radius 2 is 1.70 bits per heavy atom. The summed E-state index contributed by atoms with van der Waals surface area (Å²) in [7, 11) is 8.62. The number of rotatable bonds is 21. The van der Waals surface area contributed by atoms with Gasteiger partial charge < -0.3 is 84.3 Å². The second-order valence-electron chi connectivity index (χ2n) is 23.5. The average molecular weight is 1330 g/mol. The Morgan fingerprint density at radius 3 is 2.39 bits per heavy atom. The number of nitrogens with zero attached hydrogens (tertiary/aromatic N) is 4. The number of fused-ring (bicyclic) bond motifs is 5. The first-order valence-corrected chi connectivity index (χ1v) is 32.1. The average Bonchev–Trinajstić information content (AvgIpc) is 1.56. The minimum absolute atomic E-state index is 0.00679. The molecule has 8 amide bonds. The van der Waals surface area contributed by atoms with Gasteiger partial charge in [0.25, 0.3) is 0 Å². The maximum Gasteiger partial charge on any atom is 0.412 e. The molecule has 27 nitrogen and oxygen atoms in total. The Kier molecular flexibility index (Phi) is 27.0. The molecule has 3 heterocycles. The molecule has 29 heteroatoms. The van der Waals surface area contributed by atoms with Crippen molar-refractivity contribution >= 4 is 88.7 Å². The monoisotopic (exact) mass is 1330 g/mol. The highest BCUT2D eigenvalue weighted by molar-refractivity contribution is 7.99. The fourth-order valence-corrected chi connectivity index (χ4v) is 11.4. The Balaban J connectivity index is 1.03. The van der Waals surface area contributed by atoms with Crippen molar-refractivity contribution in [1.82, 2.24) is 30.7 Å². The molecule has 1 unspecified atom stereocenters. The number of alkyl carbamates (subject to hydrolysis) is 1. The Labute approximate surface area is 545 Å². The number of likely N-dealkylation sites (N-methyl/N-ethyl adjacent to an activating group) is 3. The number of ether oxygens (including phenoxy) is 8. The van der Waals surface area contributed by atoms with Crippen molar-refractivity contribution in [1.29, 1.82) is 0 Å². The van der Waals surface area contributed by atoms with E-state index in [9.17, 15) is 48.3 Å². The first kappa shape index (κ1) is 73.4. The van der Waals surface area contributed by atoms with Gasteiger partial charge in [-0.15, -0.1) is 0 Å². The number of nitrogens with two attached hydrogens (primary N) is 1. The first-order valence-electron chi connectivity index (χ1n) is 30.3. The maximum atomic E-state index is 14.4. The number of hydrogen-bond donors (Lipinski definition) is 6. The number of carbonyl (C=O) groups excluding carboxylic acids is 9. The normalized spacial score (nSPS) is 25.5. The zero-order valence-corrected chi connectivity index (χ0v) is 55.6. The van der Waals surface area contributed by atoms with Gasteiger partial charge in [0.15, 0.2) is 11.5 Å². The number of esters is 1. The molecule has 506 valence electrons. The van der Waals surface area contributed by atoms with Crippen molar-refractivity contribution in [3.8, 4) is 11.5 Å². The first-order chi connectivity index (χ1) is 43.6. The number of benzene rings is 2. The fourth-order valence-electron chi connectivity index (χ4n) is 10.7. The summed E-state index contributed by atoms with van der Waals surface area (Å²) in [5.41, 5.74) is 5.48. The van der Waals surface area contributed by atoms with Gasteiger partial charge >= 0.3 is 30.3 Å². The molecule has 7 N–H and O–H groups in total. The molecule has 2 aromatic rings. The Morgan fingerprint density at radius 1 is 0.978 bits per heavy atom. The lowest BCUT2D eigenvalue weighted by Gasteiger charge is -2.42. The molecule has 0 radical (unpaired) electrons. The lowest BCUT2D eigenvalue weighted by Crippen LogP contribution is -2.63. The number of thioether (sulfide) groups is 1. The summed E-state index contributed by atoms with van der Waals surface area (Å²) in [6.45, 7) is 6.09. The third-order valence-electron chi connectivity index (χ3n) is 16.6. The molecule has 3 aliphatic heterocycles. The molecule has 1 aliphatic carbocycles. The van der Waals surface area contributed by atoms with E-state index in [0.29, 0.717) is 29.8 Å². The molecule has 2 aromatic carbocycles. The number of amides is 8. The molecule has 2 fully saturated rings. The van der Waals surface area contributed by atoms with E-state index in [1.807, 2.05) is 25.2 Å². The van der Waals surface area contributed by atoms with Crippen LogP contribution >= 0.6 is 23.4 Å². The van der Waals surface area contributed by atoms with Crippen molar-refractivity contribution in [2.24, 2.45) is 11.7 Å². The van der Waals surface area contributed by atoms with Gasteiger partial charge in [-0.05, 0) is 88.1 Å². The summed E-state index contributed by atoms with van der Waals surface area (Å²) in [6.07, 6.45) is 6.20. The summed E-state index contributed by atoms with van der Waals surface area (Å²) in [5, 5.41) is 22.7. The van der Waals surface area contributed by atoms with Gasteiger partial charge in [0.2, 0.25) is 23.6 Å². The lowest BCUT2D eigenvalue weighted by molar-refractivity contribution is -0.162. The molecule has 0 saturated carbocycles. The lowest BCUT2D eigenvalue weighted by atomic mass is 9.83. The molecule has 92 heavy (non-hydrogen) atoms. The summed E-state index contributed by atoms with van der Waals surface area (Å²) in [5.74, 6) is -2.83. The minimum Gasteiger partial charge on any atom is -0.495 e. The van der Waals surface area contributed by atoms with Crippen LogP contribution in [0.5, 0.6) is 11.5 Å². The second kappa shape index (κ2) is 33.8. The van der Waals surface area contributed by atoms with Crippen LogP contribution in [0.1, 0.15) is 90.2 Å². The number of nitrogens with one attached hydrogen (secondary N) is 4. The highest BCUT2D eigenvalue weighted by Gasteiger charge is 2.64. The molecule has 2 saturated heterocycles. The topological polar surface area (TPSA) is 338 Å². The van der Waals surface area contributed by atoms with Crippen LogP contribution in [0.15, 0.2) is 66.3 Å². The highest BCUT2D eigenvalue weighted by atomic mass is 35.5. The van der Waals surface area contributed by atoms with Gasteiger partial charge in [-0.2, -0.15) is 11.8 Å². The van der Waals surface area contributed by atoms with Crippen molar-refractivity contribution in [2.45, 2.75) is 146 Å². The largest absolute Gasteiger partial charge is 0.495 e. The van der Waals surface area contributed by atoms with E-state index in [2.05, 4.69) is 21.3 Å². The predicted octanol–water partition coefficient (Wildman–Crippen LogP) is 5.96. The number of hydrogen-bond acceptors (Lipinski definition) is 20. The van der Waals surface area contributed by atoms with E-state index in [1.54, 1.807) is 50.5 Å². The molecule has 4 aliphatic rings. The number of methoxy groups -OCH3 is 2. The molecular weight excluding hydrogens is 1240 g/mol. The van der Waals surface area contributed by atoms with Crippen molar-refractivity contribution in [3.05, 3.63) is 82.4 Å². The van der Waals surface area contributed by atoms with Crippen molar-refractivity contribution in [3.63, 3.8) is 0 Å². The van der Waals surface area contributed by atoms with E-state index >= 15 is 0 Å². The highest BCUT2D eigenvalue weighted by Crippen LogP contribution is 2.49. The van der Waals surface area contributed by atoms with E-state index in [1.165, 1.54) is 87.9 Å². The van der Waals surface area contributed by atoms with Gasteiger partial charge in [0, 0.05) is 79.7 Å². The van der Waals surface area contributed by atoms with Crippen LogP contribution in [0.2, 0.25) is 5.02 Å². The van der Waals surface area contributed by atoms with Gasteiger partial charge in [-0.25, -0.2) is 24.0 Å². The zero-order chi connectivity index (χ0) is 67.6. The summed E-state index contributed by atoms with van der Waals surface area (Å²) in [6, 6.07) is 5.92. The Bertz CT molecular complexity index is 3100. The quantitative estimate of drug-likeness (QED) is 0.0363. The number of allylic oxidation sites excluding steroid dienone is 4. The van der Waals surface area contributed by atoms with Crippen LogP contribution in [0.4, 0.5) is 30.6 Å². The van der Waals surface area contributed by atoms with Gasteiger partial charge in [-0.3, -0.25) is 24.5 Å². The Hall–Kier alpha value is -7.63. The number of epoxide rings is 1. The molecule has 4 bridgehead atoms. The molecule has 0 spiro atoms. The second-order valence-corrected chi connectivity index (χ2v) is 24.8. The number of anilines is 2. The van der Waals surface area contributed by atoms with Gasteiger partial charge in [-0.1, -0.05) is 67.0 Å². The van der Waals surface area contributed by atoms with Crippen LogP contribution in [-0.4, -0.2) is 208 Å². The van der Waals surface area contributed by atoms with Crippen LogP contribution in [-0.2, 0) is 65.4 Å². The third-order valence-corrected chi connectivity index (χ3v) is 17.5. The molecule has 0 aromatic heterocycles. The maximum absolute atomic E-state index is 14.4. The summed E-state index contributed by atoms with van der Waals surface area (Å²) in [4.78, 5) is 125. The minimum atomic E-state index is -1.91. The van der Waals surface area contributed by atoms with Crippen LogP contribution in [0.3, 0.4) is 0 Å². The van der Waals surface area contributed by atoms with Gasteiger partial charge in [0.05, 0.1) is 49.2 Å². The fraction of sp³-hybridized carbons (Fsp3) is 0.571. The van der Waals surface area contributed by atoms with Gasteiger partial charge in [0.1, 0.15) is 53.9 Å². The standard InChI is InChI=1S/C63H88ClN9O18S/c1-37-17-16-20-49(85-10)63(83)34-48(89-59(80)69-63)38(2)56-62(4,91-56)50(33-54(77)73(8)45-31-41(29-37)32-47(84-9)55(45)64)90-57(78)39(3)72(7)53(76)24-28-86-60(81)70(5)26-27-71(6)61(82)87-35-40-21-22-46(44(30-40)67-51(74)23-25-66-52(75)36-92-11)88-58(79)68-43-19-15-13-12-14-18-42(43)65/h14,16-18,20-22,30-32,38-39,42-43,48-50,56,83H,12-13,15,19,23-29,33-36,65H2,1-11H3,(H,66,75)(H,67,74)(H,68,79)(H,69,80)/b18-14+,20-16+,37-17+/t38-,39+,42+,43?,48+,49-,50+,56+,62+,63+/m1/s1. The molecule has 6 rings (SSSR count). The molecule has 10 atom stereocenters. The van der Waals surface area contributed by atoms with Crippen molar-refractivity contribution < 1.29 is 86.2 Å². The summed E-state index contributed by atoms with van der Waals surface area (Å²) >= 11 is 8.17. The summed E-state index contributed by atoms with van der Waals surface area (Å²) < 4.78 is 46.0. The number of aliphatic hydroxyl groups is 1. The predicted molar refractivity (Wildman–Crippen MR) is 342 cm³/mol. The van der Waals surface area contributed by atoms with Crippen molar-refractivity contribution in [2.75, 3.05) is 90.9 Å². The van der Waals surface area contributed by atoms with E-state index in [-0.39, 0.29) is 86.3 Å². The van der Waals surface area contributed by atoms with Crippen LogP contribution in [0.25, 0.3) is 0 Å². The number of carbonyl (C=O) groups is 9. The number of halogens is 1. The smallest absolute Gasteiger partial charge is 0.412 e. The zero-order valence-electron chi connectivity index (χ0n) is 54.0. The molecular formula is C63H88ClN9O18S. The SMILES string of the molecule is COc1cc2cc(c1Cl)N(C)C(=O)C[C@H](OC(=O)[C@H](C)N(C)C(=O)CCOC(=O)N(C)CCN(C)C(=O)OCc1ccc(OC(=O)NC3CCCC/C=C/[C@@H]3N)c(NC(=O)CCNC(=O)CSC)c1)[C@]1(C)O[C@H]1[C@H](C)[C@@H]1C[C@@](O)(NC(=O)O1)[C@H](OC)/C=C/C=C(\C)C2. The van der Waals surface area contributed by atoms with Crippen LogP contribution in [0, 0.1) is 5.92 Å². The van der Waals surface area contributed by atoms with E-state index in [0.717, 1.165) is 35.3 Å². The third kappa shape index (κ3) is 20.2.